The van der Waals surface area contributed by atoms with Crippen LogP contribution in [-0.4, -0.2) is 43.6 Å². The predicted octanol–water partition coefficient (Wildman–Crippen LogP) is 2.80. The highest BCUT2D eigenvalue weighted by molar-refractivity contribution is 7.94. The van der Waals surface area contributed by atoms with Crippen LogP contribution in [0.4, 0.5) is 0 Å². The molecule has 0 radical (unpaired) electrons. The SMILES string of the molecule is Cc1ccc(C)c(C(=O)OCC(=O)N(Cc2ccccc2)[C@@H]2C=CS(=O)(=O)C2)c1. The van der Waals surface area contributed by atoms with Crippen molar-refractivity contribution in [3.8, 4) is 0 Å². The molecule has 0 fully saturated rings. The molecule has 152 valence electrons. The second-order valence-electron chi connectivity index (χ2n) is 7.13. The molecule has 29 heavy (non-hydrogen) atoms. The summed E-state index contributed by atoms with van der Waals surface area (Å²) in [6.07, 6.45) is 1.50. The molecule has 0 spiro atoms. The largest absolute Gasteiger partial charge is 0.452 e. The molecule has 0 aliphatic carbocycles. The fourth-order valence-electron chi connectivity index (χ4n) is 3.17. The molecule has 7 heteroatoms. The minimum Gasteiger partial charge on any atom is -0.452 e. The Bertz CT molecular complexity index is 1040. The van der Waals surface area contributed by atoms with Gasteiger partial charge in [0.15, 0.2) is 16.4 Å². The summed E-state index contributed by atoms with van der Waals surface area (Å²) in [5.74, 6) is -1.19. The maximum absolute atomic E-state index is 12.9. The number of esters is 1. The van der Waals surface area contributed by atoms with Crippen molar-refractivity contribution in [3.63, 3.8) is 0 Å². The third-order valence-electron chi connectivity index (χ3n) is 4.77. The van der Waals surface area contributed by atoms with E-state index in [-0.39, 0.29) is 12.3 Å². The molecule has 0 N–H and O–H groups in total. The molecule has 1 atom stereocenters. The molecule has 0 saturated heterocycles. The monoisotopic (exact) mass is 413 g/mol. The van der Waals surface area contributed by atoms with Crippen LogP contribution in [0.25, 0.3) is 0 Å². The maximum Gasteiger partial charge on any atom is 0.338 e. The van der Waals surface area contributed by atoms with Gasteiger partial charge >= 0.3 is 5.97 Å². The molecular weight excluding hydrogens is 390 g/mol. The van der Waals surface area contributed by atoms with Crippen molar-refractivity contribution in [2.75, 3.05) is 12.4 Å². The van der Waals surface area contributed by atoms with Gasteiger partial charge in [0.1, 0.15) is 0 Å². The van der Waals surface area contributed by atoms with Crippen molar-refractivity contribution in [1.82, 2.24) is 4.90 Å². The van der Waals surface area contributed by atoms with Gasteiger partial charge in [0.25, 0.3) is 5.91 Å². The number of benzene rings is 2. The van der Waals surface area contributed by atoms with E-state index in [2.05, 4.69) is 0 Å². The lowest BCUT2D eigenvalue weighted by molar-refractivity contribution is -0.136. The Morgan fingerprint density at radius 3 is 2.48 bits per heavy atom. The van der Waals surface area contributed by atoms with Crippen molar-refractivity contribution in [3.05, 3.63) is 82.3 Å². The van der Waals surface area contributed by atoms with E-state index in [0.29, 0.717) is 5.56 Å². The lowest BCUT2D eigenvalue weighted by atomic mass is 10.1. The number of sulfone groups is 1. The minimum atomic E-state index is -3.33. The number of hydrogen-bond donors (Lipinski definition) is 0. The lowest BCUT2D eigenvalue weighted by Crippen LogP contribution is -2.42. The summed E-state index contributed by atoms with van der Waals surface area (Å²) in [5, 5.41) is 1.13. The van der Waals surface area contributed by atoms with E-state index in [0.717, 1.165) is 22.1 Å². The van der Waals surface area contributed by atoms with Crippen LogP contribution >= 0.6 is 0 Å². The number of hydrogen-bond acceptors (Lipinski definition) is 5. The standard InChI is InChI=1S/C22H23NO5S/c1-16-8-9-17(2)20(12-16)22(25)28-14-21(24)23(13-18-6-4-3-5-7-18)19-10-11-29(26,27)15-19/h3-12,19H,13-15H2,1-2H3/t19-/m1/s1. The summed E-state index contributed by atoms with van der Waals surface area (Å²) >= 11 is 0. The summed E-state index contributed by atoms with van der Waals surface area (Å²) in [4.78, 5) is 26.7. The van der Waals surface area contributed by atoms with Gasteiger partial charge in [-0.15, -0.1) is 0 Å². The van der Waals surface area contributed by atoms with E-state index in [4.69, 9.17) is 4.74 Å². The summed E-state index contributed by atoms with van der Waals surface area (Å²) in [6.45, 7) is 3.44. The average Bonchev–Trinajstić information content (AvgIpc) is 3.06. The number of nitrogens with zero attached hydrogens (tertiary/aromatic N) is 1. The predicted molar refractivity (Wildman–Crippen MR) is 110 cm³/mol. The normalized spacial score (nSPS) is 17.1. The van der Waals surface area contributed by atoms with Crippen LogP contribution in [0.1, 0.15) is 27.0 Å². The number of rotatable bonds is 6. The Hall–Kier alpha value is -2.93. The molecule has 0 unspecified atom stereocenters. The Morgan fingerprint density at radius 1 is 1.10 bits per heavy atom. The van der Waals surface area contributed by atoms with Crippen LogP contribution in [0.15, 0.2) is 60.0 Å². The third-order valence-corrected chi connectivity index (χ3v) is 6.15. The van der Waals surface area contributed by atoms with Gasteiger partial charge in [-0.2, -0.15) is 0 Å². The van der Waals surface area contributed by atoms with Crippen molar-refractivity contribution in [2.45, 2.75) is 26.4 Å². The van der Waals surface area contributed by atoms with Crippen LogP contribution in [0.5, 0.6) is 0 Å². The molecule has 6 nitrogen and oxygen atoms in total. The zero-order chi connectivity index (χ0) is 21.0. The molecule has 2 aromatic carbocycles. The summed E-state index contributed by atoms with van der Waals surface area (Å²) in [5.41, 5.74) is 2.95. The third kappa shape index (κ3) is 5.32. The summed E-state index contributed by atoms with van der Waals surface area (Å²) < 4.78 is 28.9. The topological polar surface area (TPSA) is 80.8 Å². The van der Waals surface area contributed by atoms with Gasteiger partial charge in [0.2, 0.25) is 0 Å². The van der Waals surface area contributed by atoms with Gasteiger partial charge in [-0.25, -0.2) is 13.2 Å². The van der Waals surface area contributed by atoms with Gasteiger partial charge in [0.05, 0.1) is 17.4 Å². The fraction of sp³-hybridized carbons (Fsp3) is 0.273. The molecule has 2 aromatic rings. The molecule has 1 amide bonds. The number of amides is 1. The minimum absolute atomic E-state index is 0.170. The van der Waals surface area contributed by atoms with Gasteiger partial charge < -0.3 is 9.64 Å². The second kappa shape index (κ2) is 8.61. The van der Waals surface area contributed by atoms with Crippen LogP contribution in [0, 0.1) is 13.8 Å². The molecule has 0 saturated carbocycles. The highest BCUT2D eigenvalue weighted by atomic mass is 32.2. The van der Waals surface area contributed by atoms with Crippen LogP contribution in [0.2, 0.25) is 0 Å². The fourth-order valence-corrected chi connectivity index (χ4v) is 4.47. The number of carbonyl (C=O) groups excluding carboxylic acids is 2. The first-order valence-corrected chi connectivity index (χ1v) is 11.0. The molecule has 3 rings (SSSR count). The van der Waals surface area contributed by atoms with Crippen molar-refractivity contribution < 1.29 is 22.7 Å². The first-order valence-electron chi connectivity index (χ1n) is 9.24. The van der Waals surface area contributed by atoms with E-state index in [1.807, 2.05) is 49.4 Å². The Kier molecular flexibility index (Phi) is 6.17. The molecule has 0 aromatic heterocycles. The van der Waals surface area contributed by atoms with Gasteiger partial charge in [-0.3, -0.25) is 4.79 Å². The van der Waals surface area contributed by atoms with Gasteiger partial charge in [-0.1, -0.05) is 48.0 Å². The second-order valence-corrected chi connectivity index (χ2v) is 9.06. The van der Waals surface area contributed by atoms with Crippen LogP contribution in [0.3, 0.4) is 0 Å². The Balaban J connectivity index is 1.73. The summed E-state index contributed by atoms with van der Waals surface area (Å²) in [7, 11) is -3.33. The van der Waals surface area contributed by atoms with E-state index in [9.17, 15) is 18.0 Å². The number of ether oxygens (including phenoxy) is 1. The van der Waals surface area contributed by atoms with E-state index < -0.39 is 34.4 Å². The van der Waals surface area contributed by atoms with Crippen molar-refractivity contribution in [1.29, 1.82) is 0 Å². The van der Waals surface area contributed by atoms with E-state index in [1.165, 1.54) is 11.0 Å². The first-order chi connectivity index (χ1) is 13.7. The molecule has 1 aliphatic rings. The van der Waals surface area contributed by atoms with Crippen LogP contribution in [-0.2, 0) is 25.9 Å². The number of carbonyl (C=O) groups is 2. The Morgan fingerprint density at radius 2 is 1.83 bits per heavy atom. The smallest absolute Gasteiger partial charge is 0.338 e. The van der Waals surface area contributed by atoms with Gasteiger partial charge in [-0.05, 0) is 37.1 Å². The lowest BCUT2D eigenvalue weighted by Gasteiger charge is -2.27. The van der Waals surface area contributed by atoms with E-state index in [1.54, 1.807) is 13.0 Å². The van der Waals surface area contributed by atoms with Gasteiger partial charge in [0, 0.05) is 12.0 Å². The first kappa shape index (κ1) is 20.8. The average molecular weight is 413 g/mol. The van der Waals surface area contributed by atoms with E-state index >= 15 is 0 Å². The zero-order valence-corrected chi connectivity index (χ0v) is 17.2. The highest BCUT2D eigenvalue weighted by Gasteiger charge is 2.31. The van der Waals surface area contributed by atoms with Crippen LogP contribution < -0.4 is 0 Å². The van der Waals surface area contributed by atoms with Crippen molar-refractivity contribution >= 4 is 21.7 Å². The molecule has 1 heterocycles. The number of aryl methyl sites for hydroxylation is 2. The Labute approximate surface area is 170 Å². The summed E-state index contributed by atoms with van der Waals surface area (Å²) in [6, 6.07) is 14.1. The maximum atomic E-state index is 12.9. The molecule has 0 bridgehead atoms. The zero-order valence-electron chi connectivity index (χ0n) is 16.4. The van der Waals surface area contributed by atoms with Crippen molar-refractivity contribution in [2.24, 2.45) is 0 Å². The molecule has 1 aliphatic heterocycles. The highest BCUT2D eigenvalue weighted by Crippen LogP contribution is 2.18. The quantitative estimate of drug-likeness (QED) is 0.681. The molecular formula is C22H23NO5S.